The van der Waals surface area contributed by atoms with E-state index < -0.39 is 0 Å². The molecule has 5 nitrogen and oxygen atoms in total. The van der Waals surface area contributed by atoms with Crippen molar-refractivity contribution < 1.29 is 4.79 Å². The van der Waals surface area contributed by atoms with Crippen molar-refractivity contribution in [3.05, 3.63) is 12.2 Å². The summed E-state index contributed by atoms with van der Waals surface area (Å²) in [5.74, 6) is 1.48. The SMILES string of the molecule is CCC(C)CC(=O)NCCCc1ncn[nH]1. The van der Waals surface area contributed by atoms with E-state index in [0.717, 1.165) is 25.1 Å². The van der Waals surface area contributed by atoms with Crippen molar-refractivity contribution in [1.82, 2.24) is 20.5 Å². The Morgan fingerprint density at radius 1 is 1.62 bits per heavy atom. The molecule has 90 valence electrons. The van der Waals surface area contributed by atoms with Crippen molar-refractivity contribution in [3.8, 4) is 0 Å². The molecule has 1 aromatic rings. The van der Waals surface area contributed by atoms with E-state index in [9.17, 15) is 4.79 Å². The van der Waals surface area contributed by atoms with Gasteiger partial charge >= 0.3 is 0 Å². The molecule has 0 radical (unpaired) electrons. The van der Waals surface area contributed by atoms with Crippen molar-refractivity contribution in [1.29, 1.82) is 0 Å². The van der Waals surface area contributed by atoms with Crippen LogP contribution in [0, 0.1) is 5.92 Å². The molecule has 0 aliphatic carbocycles. The molecule has 1 atom stereocenters. The third-order valence-corrected chi connectivity index (χ3v) is 2.61. The smallest absolute Gasteiger partial charge is 0.220 e. The van der Waals surface area contributed by atoms with E-state index in [1.54, 1.807) is 0 Å². The van der Waals surface area contributed by atoms with Crippen molar-refractivity contribution >= 4 is 5.91 Å². The van der Waals surface area contributed by atoms with Gasteiger partial charge in [-0.2, -0.15) is 5.10 Å². The molecule has 1 heterocycles. The lowest BCUT2D eigenvalue weighted by Crippen LogP contribution is -2.26. The molecular weight excluding hydrogens is 204 g/mol. The highest BCUT2D eigenvalue weighted by Crippen LogP contribution is 2.05. The van der Waals surface area contributed by atoms with Gasteiger partial charge in [0.1, 0.15) is 12.2 Å². The van der Waals surface area contributed by atoms with E-state index in [4.69, 9.17) is 0 Å². The summed E-state index contributed by atoms with van der Waals surface area (Å²) in [6.45, 7) is 4.89. The van der Waals surface area contributed by atoms with Gasteiger partial charge in [0, 0.05) is 19.4 Å². The number of aromatic nitrogens is 3. The Labute approximate surface area is 96.0 Å². The molecule has 0 spiro atoms. The first kappa shape index (κ1) is 12.7. The van der Waals surface area contributed by atoms with Crippen molar-refractivity contribution in [2.24, 2.45) is 5.92 Å². The number of hydrogen-bond acceptors (Lipinski definition) is 3. The zero-order valence-corrected chi connectivity index (χ0v) is 9.99. The molecule has 0 saturated heterocycles. The molecule has 0 aliphatic heterocycles. The third kappa shape index (κ3) is 4.91. The molecule has 1 amide bonds. The van der Waals surface area contributed by atoms with Gasteiger partial charge in [-0.1, -0.05) is 20.3 Å². The molecule has 0 saturated carbocycles. The molecule has 0 fully saturated rings. The number of nitrogens with zero attached hydrogens (tertiary/aromatic N) is 2. The number of H-pyrrole nitrogens is 1. The van der Waals surface area contributed by atoms with Crippen LogP contribution in [0.5, 0.6) is 0 Å². The second-order valence-electron chi connectivity index (χ2n) is 4.10. The molecule has 0 aromatic carbocycles. The number of aromatic amines is 1. The number of rotatable bonds is 7. The average molecular weight is 224 g/mol. The first-order valence-electron chi connectivity index (χ1n) is 5.83. The molecule has 0 bridgehead atoms. The van der Waals surface area contributed by atoms with E-state index in [1.807, 2.05) is 0 Å². The van der Waals surface area contributed by atoms with Crippen LogP contribution in [0.15, 0.2) is 6.33 Å². The highest BCUT2D eigenvalue weighted by Gasteiger charge is 2.06. The largest absolute Gasteiger partial charge is 0.356 e. The Kier molecular flexibility index (Phi) is 5.53. The number of amides is 1. The van der Waals surface area contributed by atoms with Crippen LogP contribution >= 0.6 is 0 Å². The number of nitrogens with one attached hydrogen (secondary N) is 2. The standard InChI is InChI=1S/C11H20N4O/c1-3-9(2)7-11(16)12-6-4-5-10-13-8-14-15-10/h8-9H,3-7H2,1-2H3,(H,12,16)(H,13,14,15). The van der Waals surface area contributed by atoms with Crippen molar-refractivity contribution in [3.63, 3.8) is 0 Å². The Bertz CT molecular complexity index is 297. The minimum atomic E-state index is 0.145. The van der Waals surface area contributed by atoms with Crippen LogP contribution in [0.2, 0.25) is 0 Å². The van der Waals surface area contributed by atoms with Crippen LogP contribution in [-0.4, -0.2) is 27.6 Å². The van der Waals surface area contributed by atoms with Gasteiger partial charge in [-0.05, 0) is 12.3 Å². The first-order chi connectivity index (χ1) is 7.72. The van der Waals surface area contributed by atoms with E-state index in [-0.39, 0.29) is 5.91 Å². The second-order valence-corrected chi connectivity index (χ2v) is 4.10. The molecule has 1 rings (SSSR count). The van der Waals surface area contributed by atoms with Crippen LogP contribution in [0.3, 0.4) is 0 Å². The number of hydrogen-bond donors (Lipinski definition) is 2. The summed E-state index contributed by atoms with van der Waals surface area (Å²) in [5, 5.41) is 9.47. The average Bonchev–Trinajstić information content (AvgIpc) is 2.77. The molecule has 2 N–H and O–H groups in total. The number of carbonyl (C=O) groups is 1. The Morgan fingerprint density at radius 3 is 3.06 bits per heavy atom. The summed E-state index contributed by atoms with van der Waals surface area (Å²) in [7, 11) is 0. The minimum Gasteiger partial charge on any atom is -0.356 e. The maximum Gasteiger partial charge on any atom is 0.220 e. The van der Waals surface area contributed by atoms with Crippen LogP contribution < -0.4 is 5.32 Å². The molecule has 16 heavy (non-hydrogen) atoms. The summed E-state index contributed by atoms with van der Waals surface area (Å²) in [4.78, 5) is 15.4. The Hall–Kier alpha value is -1.39. The predicted molar refractivity (Wildman–Crippen MR) is 61.8 cm³/mol. The maximum absolute atomic E-state index is 11.4. The second kappa shape index (κ2) is 6.98. The summed E-state index contributed by atoms with van der Waals surface area (Å²) >= 11 is 0. The molecule has 1 unspecified atom stereocenters. The van der Waals surface area contributed by atoms with Crippen LogP contribution in [-0.2, 0) is 11.2 Å². The molecule has 0 aliphatic rings. The van der Waals surface area contributed by atoms with Crippen molar-refractivity contribution in [2.45, 2.75) is 39.5 Å². The van der Waals surface area contributed by atoms with Crippen LogP contribution in [0.25, 0.3) is 0 Å². The summed E-state index contributed by atoms with van der Waals surface area (Å²) in [5.41, 5.74) is 0. The van der Waals surface area contributed by atoms with Crippen LogP contribution in [0.1, 0.15) is 38.9 Å². The van der Waals surface area contributed by atoms with E-state index >= 15 is 0 Å². The lowest BCUT2D eigenvalue weighted by Gasteiger charge is -2.08. The highest BCUT2D eigenvalue weighted by atomic mass is 16.1. The zero-order chi connectivity index (χ0) is 11.8. The molecule has 5 heteroatoms. The Balaban J connectivity index is 2.04. The van der Waals surface area contributed by atoms with Gasteiger partial charge in [0.05, 0.1) is 0 Å². The monoisotopic (exact) mass is 224 g/mol. The third-order valence-electron chi connectivity index (χ3n) is 2.61. The van der Waals surface area contributed by atoms with E-state index in [2.05, 4.69) is 34.3 Å². The van der Waals surface area contributed by atoms with Gasteiger partial charge < -0.3 is 5.32 Å². The number of carbonyl (C=O) groups excluding carboxylic acids is 1. The summed E-state index contributed by atoms with van der Waals surface area (Å²) in [6, 6.07) is 0. The van der Waals surface area contributed by atoms with Crippen molar-refractivity contribution in [2.75, 3.05) is 6.54 Å². The summed E-state index contributed by atoms with van der Waals surface area (Å²) < 4.78 is 0. The number of aryl methyl sites for hydroxylation is 1. The predicted octanol–water partition coefficient (Wildman–Crippen LogP) is 1.29. The Morgan fingerprint density at radius 2 is 2.44 bits per heavy atom. The first-order valence-corrected chi connectivity index (χ1v) is 5.83. The minimum absolute atomic E-state index is 0.145. The molecule has 1 aromatic heterocycles. The fraction of sp³-hybridized carbons (Fsp3) is 0.727. The van der Waals surface area contributed by atoms with Gasteiger partial charge in [-0.25, -0.2) is 4.98 Å². The fourth-order valence-electron chi connectivity index (χ4n) is 1.37. The van der Waals surface area contributed by atoms with E-state index in [0.29, 0.717) is 18.9 Å². The van der Waals surface area contributed by atoms with E-state index in [1.165, 1.54) is 6.33 Å². The van der Waals surface area contributed by atoms with Gasteiger partial charge in [0.15, 0.2) is 0 Å². The van der Waals surface area contributed by atoms with Crippen LogP contribution in [0.4, 0.5) is 0 Å². The van der Waals surface area contributed by atoms with Gasteiger partial charge in [-0.3, -0.25) is 9.89 Å². The topological polar surface area (TPSA) is 70.7 Å². The van der Waals surface area contributed by atoms with Gasteiger partial charge in [0.2, 0.25) is 5.91 Å². The fourth-order valence-corrected chi connectivity index (χ4v) is 1.37. The lowest BCUT2D eigenvalue weighted by atomic mass is 10.1. The zero-order valence-electron chi connectivity index (χ0n) is 9.99. The normalized spacial score (nSPS) is 12.4. The van der Waals surface area contributed by atoms with Gasteiger partial charge in [-0.15, -0.1) is 0 Å². The quantitative estimate of drug-likeness (QED) is 0.686. The summed E-state index contributed by atoms with van der Waals surface area (Å²) in [6.07, 6.45) is 4.88. The lowest BCUT2D eigenvalue weighted by molar-refractivity contribution is -0.121. The maximum atomic E-state index is 11.4. The van der Waals surface area contributed by atoms with Gasteiger partial charge in [0.25, 0.3) is 0 Å². The highest BCUT2D eigenvalue weighted by molar-refractivity contribution is 5.76. The molecular formula is C11H20N4O.